The molecule has 0 fully saturated rings. The summed E-state index contributed by atoms with van der Waals surface area (Å²) in [5, 5.41) is 5.49. The van der Waals surface area contributed by atoms with E-state index in [-0.39, 0.29) is 6.10 Å². The second-order valence-corrected chi connectivity index (χ2v) is 7.02. The van der Waals surface area contributed by atoms with Gasteiger partial charge in [0.05, 0.1) is 4.47 Å². The quantitative estimate of drug-likeness (QED) is 0.744. The number of ether oxygens (including phenoxy) is 1. The van der Waals surface area contributed by atoms with Crippen molar-refractivity contribution < 1.29 is 4.74 Å². The zero-order valence-electron chi connectivity index (χ0n) is 10.5. The van der Waals surface area contributed by atoms with Crippen LogP contribution in [0.1, 0.15) is 11.8 Å². The third kappa shape index (κ3) is 4.91. The first kappa shape index (κ1) is 15.0. The summed E-state index contributed by atoms with van der Waals surface area (Å²) in [6.07, 6.45) is 0.123. The van der Waals surface area contributed by atoms with Crippen molar-refractivity contribution in [2.45, 2.75) is 19.6 Å². The molecular formula is C14H15Br2NOS. The van der Waals surface area contributed by atoms with Gasteiger partial charge in [-0.15, -0.1) is 11.3 Å². The van der Waals surface area contributed by atoms with Gasteiger partial charge in [0.1, 0.15) is 11.9 Å². The first-order valence-electron chi connectivity index (χ1n) is 6.00. The van der Waals surface area contributed by atoms with Crippen molar-refractivity contribution in [2.75, 3.05) is 6.54 Å². The van der Waals surface area contributed by atoms with Crippen LogP contribution in [0.25, 0.3) is 0 Å². The SMILES string of the molecule is CC(CNCc1cccs1)Oc1ccc(Br)cc1Br. The Morgan fingerprint density at radius 2 is 2.16 bits per heavy atom. The molecule has 5 heteroatoms. The summed E-state index contributed by atoms with van der Waals surface area (Å²) in [7, 11) is 0. The summed E-state index contributed by atoms with van der Waals surface area (Å²) in [6.45, 7) is 3.78. The number of hydrogen-bond donors (Lipinski definition) is 1. The standard InChI is InChI=1S/C14H15Br2NOS/c1-10(8-17-9-12-3-2-6-19-12)18-14-5-4-11(15)7-13(14)16/h2-7,10,17H,8-9H2,1H3. The second-order valence-electron chi connectivity index (χ2n) is 4.21. The molecule has 2 rings (SSSR count). The molecule has 0 aliphatic heterocycles. The van der Waals surface area contributed by atoms with Crippen LogP contribution < -0.4 is 10.1 Å². The van der Waals surface area contributed by atoms with Crippen molar-refractivity contribution in [3.8, 4) is 5.75 Å². The summed E-state index contributed by atoms with van der Waals surface area (Å²) in [4.78, 5) is 1.34. The molecule has 0 amide bonds. The fraction of sp³-hybridized carbons (Fsp3) is 0.286. The maximum Gasteiger partial charge on any atom is 0.134 e. The van der Waals surface area contributed by atoms with E-state index >= 15 is 0 Å². The Hall–Kier alpha value is -0.360. The molecule has 0 aliphatic rings. The first-order valence-corrected chi connectivity index (χ1v) is 8.46. The molecule has 1 heterocycles. The summed E-state index contributed by atoms with van der Waals surface area (Å²) < 4.78 is 7.89. The monoisotopic (exact) mass is 403 g/mol. The predicted molar refractivity (Wildman–Crippen MR) is 88.0 cm³/mol. The van der Waals surface area contributed by atoms with Crippen LogP contribution in [0.4, 0.5) is 0 Å². The van der Waals surface area contributed by atoms with E-state index in [0.29, 0.717) is 0 Å². The molecule has 0 saturated heterocycles. The van der Waals surface area contributed by atoms with Gasteiger partial charge < -0.3 is 10.1 Å². The van der Waals surface area contributed by atoms with Gasteiger partial charge in [-0.25, -0.2) is 0 Å². The Morgan fingerprint density at radius 1 is 1.32 bits per heavy atom. The van der Waals surface area contributed by atoms with E-state index in [4.69, 9.17) is 4.74 Å². The Kier molecular flexibility index (Phi) is 5.88. The number of rotatable bonds is 6. The molecule has 102 valence electrons. The van der Waals surface area contributed by atoms with Gasteiger partial charge in [-0.3, -0.25) is 0 Å². The molecule has 1 atom stereocenters. The minimum atomic E-state index is 0.123. The summed E-state index contributed by atoms with van der Waals surface area (Å²) in [5.41, 5.74) is 0. The van der Waals surface area contributed by atoms with Gasteiger partial charge in [0, 0.05) is 22.4 Å². The summed E-state index contributed by atoms with van der Waals surface area (Å²) >= 11 is 8.70. The van der Waals surface area contributed by atoms with Crippen LogP contribution in [-0.4, -0.2) is 12.6 Å². The minimum absolute atomic E-state index is 0.123. The van der Waals surface area contributed by atoms with Crippen molar-refractivity contribution in [1.29, 1.82) is 0 Å². The molecule has 19 heavy (non-hydrogen) atoms. The lowest BCUT2D eigenvalue weighted by Crippen LogP contribution is -2.28. The Labute approximate surface area is 134 Å². The van der Waals surface area contributed by atoms with Crippen LogP contribution in [0.2, 0.25) is 0 Å². The normalized spacial score (nSPS) is 12.4. The number of thiophene rings is 1. The van der Waals surface area contributed by atoms with Crippen molar-refractivity contribution in [3.05, 3.63) is 49.5 Å². The number of hydrogen-bond acceptors (Lipinski definition) is 3. The van der Waals surface area contributed by atoms with Crippen molar-refractivity contribution >= 4 is 43.2 Å². The number of benzene rings is 1. The minimum Gasteiger partial charge on any atom is -0.488 e. The maximum atomic E-state index is 5.89. The Bertz CT molecular complexity index is 516. The van der Waals surface area contributed by atoms with Crippen LogP contribution in [0, 0.1) is 0 Å². The molecule has 1 unspecified atom stereocenters. The molecule has 0 saturated carbocycles. The van der Waals surface area contributed by atoms with E-state index in [9.17, 15) is 0 Å². The largest absolute Gasteiger partial charge is 0.488 e. The predicted octanol–water partition coefficient (Wildman–Crippen LogP) is 4.83. The molecule has 0 aliphatic carbocycles. The topological polar surface area (TPSA) is 21.3 Å². The zero-order chi connectivity index (χ0) is 13.7. The average Bonchev–Trinajstić information content (AvgIpc) is 2.86. The fourth-order valence-corrected chi connectivity index (χ4v) is 3.46. The highest BCUT2D eigenvalue weighted by Crippen LogP contribution is 2.28. The highest BCUT2D eigenvalue weighted by Gasteiger charge is 2.07. The number of halogens is 2. The lowest BCUT2D eigenvalue weighted by Gasteiger charge is -2.16. The summed E-state index contributed by atoms with van der Waals surface area (Å²) in [6, 6.07) is 10.1. The molecule has 1 aromatic carbocycles. The van der Waals surface area contributed by atoms with Gasteiger partial charge in [0.2, 0.25) is 0 Å². The molecule has 1 N–H and O–H groups in total. The van der Waals surface area contributed by atoms with Gasteiger partial charge >= 0.3 is 0 Å². The Balaban J connectivity index is 1.79. The molecule has 0 radical (unpaired) electrons. The first-order chi connectivity index (χ1) is 9.15. The fourth-order valence-electron chi connectivity index (χ4n) is 1.64. The van der Waals surface area contributed by atoms with E-state index in [1.54, 1.807) is 11.3 Å². The second kappa shape index (κ2) is 7.43. The van der Waals surface area contributed by atoms with E-state index < -0.39 is 0 Å². The van der Waals surface area contributed by atoms with Crippen LogP contribution in [0.3, 0.4) is 0 Å². The molecule has 2 aromatic rings. The molecule has 0 bridgehead atoms. The van der Waals surface area contributed by atoms with Crippen LogP contribution in [-0.2, 0) is 6.54 Å². The van der Waals surface area contributed by atoms with Crippen molar-refractivity contribution in [3.63, 3.8) is 0 Å². The van der Waals surface area contributed by atoms with Gasteiger partial charge in [0.25, 0.3) is 0 Å². The van der Waals surface area contributed by atoms with Crippen molar-refractivity contribution in [2.24, 2.45) is 0 Å². The zero-order valence-corrected chi connectivity index (χ0v) is 14.5. The smallest absolute Gasteiger partial charge is 0.134 e. The van der Waals surface area contributed by atoms with Gasteiger partial charge in [0.15, 0.2) is 0 Å². The molecular weight excluding hydrogens is 390 g/mol. The molecule has 0 spiro atoms. The summed E-state index contributed by atoms with van der Waals surface area (Å²) in [5.74, 6) is 0.869. The van der Waals surface area contributed by atoms with Gasteiger partial charge in [-0.05, 0) is 52.5 Å². The lowest BCUT2D eigenvalue weighted by molar-refractivity contribution is 0.215. The molecule has 2 nitrogen and oxygen atoms in total. The van der Waals surface area contributed by atoms with E-state index in [1.165, 1.54) is 4.88 Å². The maximum absolute atomic E-state index is 5.89. The van der Waals surface area contributed by atoms with Gasteiger partial charge in [-0.2, -0.15) is 0 Å². The van der Waals surface area contributed by atoms with Crippen LogP contribution in [0.5, 0.6) is 5.75 Å². The average molecular weight is 405 g/mol. The number of nitrogens with one attached hydrogen (secondary N) is 1. The third-order valence-electron chi connectivity index (χ3n) is 2.53. The third-order valence-corrected chi connectivity index (χ3v) is 4.52. The van der Waals surface area contributed by atoms with Crippen LogP contribution in [0.15, 0.2) is 44.7 Å². The van der Waals surface area contributed by atoms with Gasteiger partial charge in [-0.1, -0.05) is 22.0 Å². The van der Waals surface area contributed by atoms with E-state index in [0.717, 1.165) is 27.8 Å². The lowest BCUT2D eigenvalue weighted by atomic mass is 10.3. The molecule has 1 aromatic heterocycles. The van der Waals surface area contributed by atoms with Crippen LogP contribution >= 0.6 is 43.2 Å². The Morgan fingerprint density at radius 3 is 2.84 bits per heavy atom. The van der Waals surface area contributed by atoms with Crippen molar-refractivity contribution in [1.82, 2.24) is 5.32 Å². The highest BCUT2D eigenvalue weighted by atomic mass is 79.9. The van der Waals surface area contributed by atoms with E-state index in [1.807, 2.05) is 18.2 Å². The van der Waals surface area contributed by atoms with E-state index in [2.05, 4.69) is 61.6 Å². The highest BCUT2D eigenvalue weighted by molar-refractivity contribution is 9.11.